The van der Waals surface area contributed by atoms with Gasteiger partial charge in [0.1, 0.15) is 11.2 Å². The van der Waals surface area contributed by atoms with Gasteiger partial charge in [-0.2, -0.15) is 0 Å². The van der Waals surface area contributed by atoms with Gasteiger partial charge in [-0.05, 0) is 44.3 Å². The van der Waals surface area contributed by atoms with Gasteiger partial charge >= 0.3 is 5.91 Å². The van der Waals surface area contributed by atoms with Gasteiger partial charge in [0.15, 0.2) is 0 Å². The van der Waals surface area contributed by atoms with E-state index in [0.717, 1.165) is 49.9 Å². The molecular weight excluding hydrogens is 264 g/mol. The van der Waals surface area contributed by atoms with E-state index in [2.05, 4.69) is 24.8 Å². The minimum absolute atomic E-state index is 0.268. The number of hydrogen-bond acceptors (Lipinski definition) is 3. The Morgan fingerprint density at radius 3 is 2.48 bits per heavy atom. The number of amides is 1. The summed E-state index contributed by atoms with van der Waals surface area (Å²) >= 11 is 0. The van der Waals surface area contributed by atoms with Crippen LogP contribution in [0.1, 0.15) is 43.4 Å². The molecule has 0 radical (unpaired) electrons. The summed E-state index contributed by atoms with van der Waals surface area (Å²) < 4.78 is 0.626. The van der Waals surface area contributed by atoms with Gasteiger partial charge < -0.3 is 0 Å². The summed E-state index contributed by atoms with van der Waals surface area (Å²) in [7, 11) is 0. The summed E-state index contributed by atoms with van der Waals surface area (Å²) in [5, 5.41) is 0. The molecule has 1 heterocycles. The molecule has 1 aliphatic carbocycles. The van der Waals surface area contributed by atoms with Crippen molar-refractivity contribution < 1.29 is 9.55 Å². The van der Waals surface area contributed by atoms with Crippen molar-refractivity contribution in [3.63, 3.8) is 0 Å². The summed E-state index contributed by atoms with van der Waals surface area (Å²) in [6.07, 6.45) is 4.48. The average Bonchev–Trinajstić information content (AvgIpc) is 3.00. The number of rotatable bonds is 5. The molecule has 4 nitrogen and oxygen atoms in total. The van der Waals surface area contributed by atoms with E-state index >= 15 is 0 Å². The first-order valence-electron chi connectivity index (χ1n) is 8.03. The molecule has 1 aliphatic heterocycles. The molecule has 0 aromatic heterocycles. The maximum atomic E-state index is 12.0. The summed E-state index contributed by atoms with van der Waals surface area (Å²) in [5.74, 6) is -0.319. The second-order valence-corrected chi connectivity index (χ2v) is 6.17. The zero-order chi connectivity index (χ0) is 15.0. The normalized spacial score (nSPS) is 20.2. The fourth-order valence-corrected chi connectivity index (χ4v) is 3.77. The van der Waals surface area contributed by atoms with E-state index in [1.165, 1.54) is 5.56 Å². The molecule has 0 spiro atoms. The zero-order valence-corrected chi connectivity index (χ0v) is 12.9. The fourth-order valence-electron chi connectivity index (χ4n) is 3.77. The minimum atomic E-state index is -0.319. The monoisotopic (exact) mass is 287 g/mol. The average molecular weight is 287 g/mol. The smallest absolute Gasteiger partial charge is 0.300 e. The third-order valence-electron chi connectivity index (χ3n) is 4.67. The Labute approximate surface area is 125 Å². The van der Waals surface area contributed by atoms with Crippen LogP contribution in [0.5, 0.6) is 0 Å². The van der Waals surface area contributed by atoms with Crippen molar-refractivity contribution in [2.24, 2.45) is 0 Å². The number of nitrogens with zero attached hydrogens (tertiary/aromatic N) is 2. The van der Waals surface area contributed by atoms with Crippen molar-refractivity contribution in [3.8, 4) is 0 Å². The molecule has 3 rings (SSSR count). The third-order valence-corrected chi connectivity index (χ3v) is 4.67. The molecule has 0 bridgehead atoms. The Morgan fingerprint density at radius 2 is 1.81 bits per heavy atom. The molecule has 4 heteroatoms. The lowest BCUT2D eigenvalue weighted by atomic mass is 10.0. The molecule has 1 aromatic rings. The van der Waals surface area contributed by atoms with Gasteiger partial charge in [0.25, 0.3) is 5.69 Å². The number of nitroso groups, excluding NO2 is 1. The van der Waals surface area contributed by atoms with Gasteiger partial charge in [-0.15, -0.1) is 0 Å². The van der Waals surface area contributed by atoms with Crippen molar-refractivity contribution in [1.29, 1.82) is 0 Å². The molecule has 112 valence electrons. The van der Waals surface area contributed by atoms with Crippen molar-refractivity contribution >= 4 is 11.6 Å². The second kappa shape index (κ2) is 5.68. The SMILES string of the molecule is CCCN(CCC)C1Cc2ccc3c(c2C1)[N+](=O)C(=O)C3. The third kappa shape index (κ3) is 2.42. The Morgan fingerprint density at radius 1 is 1.14 bits per heavy atom. The highest BCUT2D eigenvalue weighted by Crippen LogP contribution is 2.38. The number of hydrogen-bond donors (Lipinski definition) is 0. The van der Waals surface area contributed by atoms with Gasteiger partial charge in [-0.25, -0.2) is 4.79 Å². The lowest BCUT2D eigenvalue weighted by Gasteiger charge is -2.27. The fraction of sp³-hybridized carbons (Fsp3) is 0.588. The van der Waals surface area contributed by atoms with Crippen LogP contribution in [-0.2, 0) is 24.1 Å². The van der Waals surface area contributed by atoms with Crippen molar-refractivity contribution in [2.45, 2.75) is 52.0 Å². The summed E-state index contributed by atoms with van der Waals surface area (Å²) in [5.41, 5.74) is 3.95. The van der Waals surface area contributed by atoms with Crippen LogP contribution < -0.4 is 0 Å². The molecule has 2 aliphatic rings. The quantitative estimate of drug-likeness (QED) is 0.782. The largest absolute Gasteiger partial charge is 0.444 e. The Bertz CT molecular complexity index is 589. The van der Waals surface area contributed by atoms with E-state index in [0.29, 0.717) is 16.5 Å². The standard InChI is InChI=1S/C17H23N2O2/c1-3-7-18(8-4-2)14-9-12-5-6-13-10-16(20)19(21)17(13)15(12)11-14/h5-6,14H,3-4,7-11H2,1-2H3/q+1. The highest BCUT2D eigenvalue weighted by molar-refractivity contribution is 5.81. The molecule has 0 saturated heterocycles. The number of benzene rings is 1. The maximum Gasteiger partial charge on any atom is 0.444 e. The van der Waals surface area contributed by atoms with Crippen LogP contribution in [0.4, 0.5) is 5.69 Å². The van der Waals surface area contributed by atoms with Crippen molar-refractivity contribution in [3.05, 3.63) is 33.7 Å². The Kier molecular flexibility index (Phi) is 3.89. The minimum Gasteiger partial charge on any atom is -0.300 e. The van der Waals surface area contributed by atoms with Crippen LogP contribution in [-0.4, -0.2) is 34.7 Å². The van der Waals surface area contributed by atoms with E-state index in [9.17, 15) is 9.70 Å². The van der Waals surface area contributed by atoms with E-state index in [4.69, 9.17) is 0 Å². The summed E-state index contributed by atoms with van der Waals surface area (Å²) in [6, 6.07) is 4.57. The van der Waals surface area contributed by atoms with E-state index in [-0.39, 0.29) is 12.3 Å². The second-order valence-electron chi connectivity index (χ2n) is 6.17. The maximum absolute atomic E-state index is 12.0. The summed E-state index contributed by atoms with van der Waals surface area (Å²) in [4.78, 5) is 26.2. The first-order valence-corrected chi connectivity index (χ1v) is 8.03. The highest BCUT2D eigenvalue weighted by atomic mass is 16.3. The predicted octanol–water partition coefficient (Wildman–Crippen LogP) is 2.77. The van der Waals surface area contributed by atoms with Gasteiger partial charge in [0.2, 0.25) is 0 Å². The number of carbonyl (C=O) groups is 1. The first-order chi connectivity index (χ1) is 10.2. The summed E-state index contributed by atoms with van der Waals surface area (Å²) in [6.45, 7) is 6.63. The Hall–Kier alpha value is -1.55. The van der Waals surface area contributed by atoms with Crippen LogP contribution in [0.15, 0.2) is 12.1 Å². The molecular formula is C17H23N2O2+. The van der Waals surface area contributed by atoms with Crippen LogP contribution >= 0.6 is 0 Å². The van der Waals surface area contributed by atoms with Crippen molar-refractivity contribution in [2.75, 3.05) is 13.1 Å². The molecule has 0 fully saturated rings. The van der Waals surface area contributed by atoms with Crippen LogP contribution in [0, 0.1) is 4.91 Å². The molecule has 0 saturated carbocycles. The lowest BCUT2D eigenvalue weighted by Crippen LogP contribution is -2.37. The topological polar surface area (TPSA) is 40.4 Å². The van der Waals surface area contributed by atoms with Gasteiger partial charge in [0, 0.05) is 22.1 Å². The number of fused-ring (bicyclic) bond motifs is 3. The van der Waals surface area contributed by atoms with E-state index < -0.39 is 0 Å². The van der Waals surface area contributed by atoms with E-state index in [1.54, 1.807) is 0 Å². The number of carbonyl (C=O) groups excluding carboxylic acids is 1. The molecule has 1 unspecified atom stereocenters. The van der Waals surface area contributed by atoms with Crippen LogP contribution in [0.2, 0.25) is 0 Å². The van der Waals surface area contributed by atoms with Gasteiger partial charge in [0.05, 0.1) is 0 Å². The molecule has 1 atom stereocenters. The van der Waals surface area contributed by atoms with Crippen LogP contribution in [0.25, 0.3) is 0 Å². The Balaban J connectivity index is 1.88. The first kappa shape index (κ1) is 14.4. The van der Waals surface area contributed by atoms with Gasteiger partial charge in [-0.3, -0.25) is 4.90 Å². The van der Waals surface area contributed by atoms with E-state index in [1.807, 2.05) is 6.07 Å². The predicted molar refractivity (Wildman–Crippen MR) is 81.8 cm³/mol. The molecule has 21 heavy (non-hydrogen) atoms. The van der Waals surface area contributed by atoms with Crippen molar-refractivity contribution in [1.82, 2.24) is 4.90 Å². The van der Waals surface area contributed by atoms with Gasteiger partial charge in [-0.1, -0.05) is 26.0 Å². The zero-order valence-electron chi connectivity index (χ0n) is 12.9. The molecule has 0 N–H and O–H groups in total. The molecule has 1 amide bonds. The van der Waals surface area contributed by atoms with Crippen LogP contribution in [0.3, 0.4) is 0 Å². The highest BCUT2D eigenvalue weighted by Gasteiger charge is 2.43. The molecule has 1 aromatic carbocycles. The lowest BCUT2D eigenvalue weighted by molar-refractivity contribution is -0.379.